The van der Waals surface area contributed by atoms with E-state index in [9.17, 15) is 0 Å². The number of benzene rings is 1. The van der Waals surface area contributed by atoms with Crippen molar-refractivity contribution in [3.8, 4) is 28.6 Å². The predicted octanol–water partition coefficient (Wildman–Crippen LogP) is 3.01. The van der Waals surface area contributed by atoms with Gasteiger partial charge in [-0.25, -0.2) is 0 Å². The zero-order chi connectivity index (χ0) is 15.5. The molecule has 0 saturated carbocycles. The quantitative estimate of drug-likeness (QED) is 0.750. The molecule has 0 fully saturated rings. The Labute approximate surface area is 132 Å². The van der Waals surface area contributed by atoms with Gasteiger partial charge in [-0.2, -0.15) is 5.10 Å². The van der Waals surface area contributed by atoms with Gasteiger partial charge in [-0.1, -0.05) is 0 Å². The average molecular weight is 314 g/mol. The second-order valence-corrected chi connectivity index (χ2v) is 4.89. The summed E-state index contributed by atoms with van der Waals surface area (Å²) in [5.41, 5.74) is 1.66. The molecule has 0 aliphatic carbocycles. The molecule has 0 unspecified atom stereocenters. The average Bonchev–Trinajstić information content (AvgIpc) is 2.96. The first-order valence-corrected chi connectivity index (χ1v) is 6.95. The number of aromatic amines is 1. The van der Waals surface area contributed by atoms with Crippen LogP contribution in [-0.2, 0) is 0 Å². The van der Waals surface area contributed by atoms with E-state index in [4.69, 9.17) is 21.7 Å². The van der Waals surface area contributed by atoms with Gasteiger partial charge in [-0.05, 0) is 36.5 Å². The molecule has 7 heteroatoms. The number of aromatic nitrogens is 4. The van der Waals surface area contributed by atoms with Gasteiger partial charge in [-0.15, -0.1) is 0 Å². The predicted molar refractivity (Wildman–Crippen MR) is 85.1 cm³/mol. The molecule has 1 aromatic carbocycles. The molecule has 0 bridgehead atoms. The molecule has 0 spiro atoms. The summed E-state index contributed by atoms with van der Waals surface area (Å²) in [5, 5.41) is 7.14. The summed E-state index contributed by atoms with van der Waals surface area (Å²) in [6.07, 6.45) is 3.44. The molecule has 112 valence electrons. The van der Waals surface area contributed by atoms with Crippen molar-refractivity contribution >= 4 is 12.2 Å². The minimum Gasteiger partial charge on any atom is -0.497 e. The number of rotatable bonds is 4. The normalized spacial score (nSPS) is 10.5. The number of hydrogen-bond acceptors (Lipinski definition) is 5. The second kappa shape index (κ2) is 5.98. The fraction of sp³-hybridized carbons (Fsp3) is 0.133. The van der Waals surface area contributed by atoms with Crippen molar-refractivity contribution in [3.63, 3.8) is 0 Å². The SMILES string of the molecule is COc1cc(OC)cc(-c2n[nH]c(=S)n2-c2cccnc2)c1. The monoisotopic (exact) mass is 314 g/mol. The Bertz CT molecular complexity index is 820. The highest BCUT2D eigenvalue weighted by atomic mass is 32.1. The van der Waals surface area contributed by atoms with Crippen LogP contribution in [0.5, 0.6) is 11.5 Å². The Morgan fingerprint density at radius 2 is 1.86 bits per heavy atom. The number of H-pyrrole nitrogens is 1. The highest BCUT2D eigenvalue weighted by Gasteiger charge is 2.13. The summed E-state index contributed by atoms with van der Waals surface area (Å²) in [5.74, 6) is 2.03. The summed E-state index contributed by atoms with van der Waals surface area (Å²) < 4.78 is 12.9. The van der Waals surface area contributed by atoms with Crippen LogP contribution in [0.3, 0.4) is 0 Å². The van der Waals surface area contributed by atoms with Crippen LogP contribution < -0.4 is 9.47 Å². The molecule has 0 saturated heterocycles. The van der Waals surface area contributed by atoms with Gasteiger partial charge in [0.15, 0.2) is 10.6 Å². The molecule has 22 heavy (non-hydrogen) atoms. The van der Waals surface area contributed by atoms with Gasteiger partial charge in [0.2, 0.25) is 0 Å². The third-order valence-corrected chi connectivity index (χ3v) is 3.46. The first kappa shape index (κ1) is 14.3. The fourth-order valence-corrected chi connectivity index (χ4v) is 2.39. The van der Waals surface area contributed by atoms with Crippen LogP contribution in [0, 0.1) is 4.77 Å². The summed E-state index contributed by atoms with van der Waals surface area (Å²) >= 11 is 5.33. The van der Waals surface area contributed by atoms with Gasteiger partial charge < -0.3 is 9.47 Å². The Morgan fingerprint density at radius 1 is 1.14 bits per heavy atom. The van der Waals surface area contributed by atoms with Crippen molar-refractivity contribution in [2.75, 3.05) is 14.2 Å². The van der Waals surface area contributed by atoms with Crippen LogP contribution >= 0.6 is 12.2 Å². The van der Waals surface area contributed by atoms with Crippen LogP contribution in [0.1, 0.15) is 0 Å². The van der Waals surface area contributed by atoms with Gasteiger partial charge >= 0.3 is 0 Å². The van der Waals surface area contributed by atoms with Gasteiger partial charge in [0.25, 0.3) is 0 Å². The zero-order valence-electron chi connectivity index (χ0n) is 12.1. The third kappa shape index (κ3) is 2.58. The van der Waals surface area contributed by atoms with E-state index in [0.717, 1.165) is 11.3 Å². The van der Waals surface area contributed by atoms with E-state index in [1.165, 1.54) is 0 Å². The molecule has 1 N–H and O–H groups in total. The number of hydrogen-bond donors (Lipinski definition) is 1. The molecule has 6 nitrogen and oxygen atoms in total. The van der Waals surface area contributed by atoms with Crippen molar-refractivity contribution in [2.24, 2.45) is 0 Å². The molecule has 2 aromatic heterocycles. The van der Waals surface area contributed by atoms with E-state index < -0.39 is 0 Å². The number of nitrogens with one attached hydrogen (secondary N) is 1. The largest absolute Gasteiger partial charge is 0.497 e. The Morgan fingerprint density at radius 3 is 2.45 bits per heavy atom. The number of pyridine rings is 1. The van der Waals surface area contributed by atoms with E-state index in [1.807, 2.05) is 28.8 Å². The highest BCUT2D eigenvalue weighted by molar-refractivity contribution is 7.71. The Kier molecular flexibility index (Phi) is 3.88. The van der Waals surface area contributed by atoms with Crippen LogP contribution in [-0.4, -0.2) is 34.0 Å². The van der Waals surface area contributed by atoms with Crippen molar-refractivity contribution in [2.45, 2.75) is 0 Å². The molecule has 3 rings (SSSR count). The van der Waals surface area contributed by atoms with Crippen LogP contribution in [0.15, 0.2) is 42.7 Å². The lowest BCUT2D eigenvalue weighted by atomic mass is 10.2. The lowest BCUT2D eigenvalue weighted by Crippen LogP contribution is -1.99. The lowest BCUT2D eigenvalue weighted by molar-refractivity contribution is 0.394. The first-order chi connectivity index (χ1) is 10.7. The molecular formula is C15H14N4O2S. The van der Waals surface area contributed by atoms with E-state index in [0.29, 0.717) is 22.1 Å². The molecule has 0 aliphatic heterocycles. The minimum atomic E-state index is 0.491. The maximum absolute atomic E-state index is 5.33. The van der Waals surface area contributed by atoms with Crippen LogP contribution in [0.4, 0.5) is 0 Å². The number of methoxy groups -OCH3 is 2. The van der Waals surface area contributed by atoms with Gasteiger partial charge in [0.1, 0.15) is 11.5 Å². The minimum absolute atomic E-state index is 0.491. The first-order valence-electron chi connectivity index (χ1n) is 6.54. The van der Waals surface area contributed by atoms with Crippen molar-refractivity contribution in [1.29, 1.82) is 0 Å². The van der Waals surface area contributed by atoms with E-state index in [2.05, 4.69) is 15.2 Å². The third-order valence-electron chi connectivity index (χ3n) is 3.19. The second-order valence-electron chi connectivity index (χ2n) is 4.50. The van der Waals surface area contributed by atoms with E-state index in [1.54, 1.807) is 32.7 Å². The molecular weight excluding hydrogens is 300 g/mol. The number of nitrogens with zero attached hydrogens (tertiary/aromatic N) is 3. The fourth-order valence-electron chi connectivity index (χ4n) is 2.15. The molecule has 2 heterocycles. The maximum Gasteiger partial charge on any atom is 0.200 e. The van der Waals surface area contributed by atoms with Crippen molar-refractivity contribution in [1.82, 2.24) is 19.7 Å². The Hall–Kier alpha value is -2.67. The summed E-state index contributed by atoms with van der Waals surface area (Å²) in [6.45, 7) is 0. The van der Waals surface area contributed by atoms with Crippen molar-refractivity contribution < 1.29 is 9.47 Å². The summed E-state index contributed by atoms with van der Waals surface area (Å²) in [4.78, 5) is 4.13. The molecule has 0 atom stereocenters. The van der Waals surface area contributed by atoms with E-state index >= 15 is 0 Å². The Balaban J connectivity index is 2.20. The van der Waals surface area contributed by atoms with Gasteiger partial charge in [0, 0.05) is 17.8 Å². The highest BCUT2D eigenvalue weighted by Crippen LogP contribution is 2.29. The van der Waals surface area contributed by atoms with Gasteiger partial charge in [-0.3, -0.25) is 14.6 Å². The van der Waals surface area contributed by atoms with Gasteiger partial charge in [0.05, 0.1) is 26.1 Å². The molecule has 0 aliphatic rings. The van der Waals surface area contributed by atoms with Crippen molar-refractivity contribution in [3.05, 3.63) is 47.5 Å². The van der Waals surface area contributed by atoms with Crippen LogP contribution in [0.25, 0.3) is 17.1 Å². The zero-order valence-corrected chi connectivity index (χ0v) is 12.9. The lowest BCUT2D eigenvalue weighted by Gasteiger charge is -2.10. The summed E-state index contributed by atoms with van der Waals surface area (Å²) in [6, 6.07) is 9.32. The molecule has 3 aromatic rings. The maximum atomic E-state index is 5.33. The van der Waals surface area contributed by atoms with E-state index in [-0.39, 0.29) is 0 Å². The number of ether oxygens (including phenoxy) is 2. The topological polar surface area (TPSA) is 65.0 Å². The van der Waals surface area contributed by atoms with Crippen LogP contribution in [0.2, 0.25) is 0 Å². The summed E-state index contributed by atoms with van der Waals surface area (Å²) in [7, 11) is 3.22. The smallest absolute Gasteiger partial charge is 0.200 e. The molecule has 0 radical (unpaired) electrons. The standard InChI is InChI=1S/C15H14N4O2S/c1-20-12-6-10(7-13(8-12)21-2)14-17-18-15(22)19(14)11-4-3-5-16-9-11/h3-9H,1-2H3,(H,18,22). The molecule has 0 amide bonds.